The minimum Gasteiger partial charge on any atom is -0.358 e. The van der Waals surface area contributed by atoms with Gasteiger partial charge in [-0.3, -0.25) is 9.78 Å². The summed E-state index contributed by atoms with van der Waals surface area (Å²) < 4.78 is 2.04. The second-order valence-electron chi connectivity index (χ2n) is 10.6. The molecule has 2 heterocycles. The summed E-state index contributed by atoms with van der Waals surface area (Å²) in [5, 5.41) is 14.6. The van der Waals surface area contributed by atoms with E-state index in [1.165, 1.54) is 24.8 Å². The first kappa shape index (κ1) is 35.0. The Kier molecular flexibility index (Phi) is 17.5. The number of pyridine rings is 1. The molecule has 232 valence electrons. The minimum atomic E-state index is 0.149. The van der Waals surface area contributed by atoms with E-state index in [0.29, 0.717) is 31.1 Å². The van der Waals surface area contributed by atoms with Crippen LogP contribution in [0.2, 0.25) is 0 Å². The van der Waals surface area contributed by atoms with E-state index in [9.17, 15) is 9.59 Å². The molecule has 0 radical (unpaired) electrons. The fraction of sp³-hybridized carbons (Fsp3) is 0.500. The molecule has 3 amide bonds. The van der Waals surface area contributed by atoms with Gasteiger partial charge in [0.15, 0.2) is 0 Å². The molecule has 0 spiro atoms. The van der Waals surface area contributed by atoms with Crippen molar-refractivity contribution in [2.75, 3.05) is 19.6 Å². The normalized spacial score (nSPS) is 12.4. The van der Waals surface area contributed by atoms with Crippen LogP contribution < -0.4 is 10.6 Å². The molecule has 0 bridgehead atoms. The van der Waals surface area contributed by atoms with Gasteiger partial charge >= 0.3 is 6.03 Å². The van der Waals surface area contributed by atoms with Crippen molar-refractivity contribution in [3.63, 3.8) is 0 Å². The number of carbonyl (C=O) groups is 2. The molecule has 1 aliphatic rings. The average Bonchev–Trinajstić information content (AvgIpc) is 3.49. The Morgan fingerprint density at radius 3 is 2.23 bits per heavy atom. The summed E-state index contributed by atoms with van der Waals surface area (Å²) in [4.78, 5) is 32.2. The van der Waals surface area contributed by atoms with E-state index in [1.807, 2.05) is 46.1 Å². The van der Waals surface area contributed by atoms with Crippen molar-refractivity contribution >= 4 is 12.4 Å². The van der Waals surface area contributed by atoms with Gasteiger partial charge in [0.1, 0.15) is 0 Å². The molecule has 0 atom stereocenters. The molecule has 9 heteroatoms. The third-order valence-electron chi connectivity index (χ3n) is 7.21. The lowest BCUT2D eigenvalue weighted by molar-refractivity contribution is -0.109. The van der Waals surface area contributed by atoms with Crippen LogP contribution in [0, 0.1) is 11.3 Å². The molecule has 0 saturated heterocycles. The molecular formula is C34H49N7O2. The Morgan fingerprint density at radius 1 is 1.00 bits per heavy atom. The summed E-state index contributed by atoms with van der Waals surface area (Å²) in [6.07, 6.45) is 18.0. The standard InChI is InChI=1S/C14H14N4O.C13H26N2O.C7H9N/c15-7-12-1-3-13(4-2-12)9-18-10-17-8-14(18)5-6-16-11-19;1-3-10-15(11-4-2)13(16)14-12-8-6-5-7-9-12;1-2-7-3-5-8-6-4-7/h1-4,8,10-11H,5-6,9H2,(H,16,19);12H,3-11H2,1-2H3,(H,14,16);3-6H,2H2,1H3. The van der Waals surface area contributed by atoms with Gasteiger partial charge in [0.05, 0.1) is 18.0 Å². The van der Waals surface area contributed by atoms with Crippen LogP contribution in [0.5, 0.6) is 0 Å². The van der Waals surface area contributed by atoms with E-state index in [0.717, 1.165) is 62.9 Å². The summed E-state index contributed by atoms with van der Waals surface area (Å²) in [6, 6.07) is 14.2. The van der Waals surface area contributed by atoms with Crippen molar-refractivity contribution in [1.29, 1.82) is 5.26 Å². The van der Waals surface area contributed by atoms with Crippen molar-refractivity contribution in [3.8, 4) is 6.07 Å². The molecule has 1 aliphatic carbocycles. The largest absolute Gasteiger partial charge is 0.358 e. The first-order valence-corrected chi connectivity index (χ1v) is 15.6. The summed E-state index contributed by atoms with van der Waals surface area (Å²) in [5.41, 5.74) is 4.19. The number of nitrogens with zero attached hydrogens (tertiary/aromatic N) is 5. The van der Waals surface area contributed by atoms with Gasteiger partial charge in [0.2, 0.25) is 6.41 Å². The van der Waals surface area contributed by atoms with Crippen LogP contribution in [0.15, 0.2) is 61.3 Å². The Labute approximate surface area is 257 Å². The Balaban J connectivity index is 0.000000243. The number of hydrogen-bond acceptors (Lipinski definition) is 5. The number of aryl methyl sites for hydroxylation is 1. The third-order valence-corrected chi connectivity index (χ3v) is 7.21. The molecule has 0 aliphatic heterocycles. The van der Waals surface area contributed by atoms with Gasteiger partial charge in [-0.15, -0.1) is 0 Å². The summed E-state index contributed by atoms with van der Waals surface area (Å²) in [7, 11) is 0. The number of hydrogen-bond donors (Lipinski definition) is 2. The number of nitrogens with one attached hydrogen (secondary N) is 2. The maximum absolute atomic E-state index is 12.0. The van der Waals surface area contributed by atoms with Crippen LogP contribution >= 0.6 is 0 Å². The van der Waals surface area contributed by atoms with Crippen molar-refractivity contribution in [2.24, 2.45) is 0 Å². The third kappa shape index (κ3) is 14.0. The molecule has 0 unspecified atom stereocenters. The number of nitriles is 1. The highest BCUT2D eigenvalue weighted by Crippen LogP contribution is 2.17. The van der Waals surface area contributed by atoms with Crippen molar-refractivity contribution in [2.45, 2.75) is 91.1 Å². The first-order chi connectivity index (χ1) is 21.0. The van der Waals surface area contributed by atoms with Crippen LogP contribution in [-0.2, 0) is 24.2 Å². The summed E-state index contributed by atoms with van der Waals surface area (Å²) in [6.45, 7) is 9.45. The summed E-state index contributed by atoms with van der Waals surface area (Å²) >= 11 is 0. The zero-order valence-corrected chi connectivity index (χ0v) is 26.2. The highest BCUT2D eigenvalue weighted by molar-refractivity contribution is 5.74. The number of aromatic nitrogens is 3. The van der Waals surface area contributed by atoms with Gasteiger partial charge in [0.25, 0.3) is 0 Å². The van der Waals surface area contributed by atoms with Crippen molar-refractivity contribution < 1.29 is 9.59 Å². The van der Waals surface area contributed by atoms with Gasteiger partial charge in [-0.2, -0.15) is 5.26 Å². The van der Waals surface area contributed by atoms with Gasteiger partial charge in [-0.25, -0.2) is 9.78 Å². The zero-order chi connectivity index (χ0) is 31.1. The average molecular weight is 588 g/mol. The number of rotatable bonds is 12. The van der Waals surface area contributed by atoms with Crippen LogP contribution in [-0.4, -0.2) is 57.6 Å². The topological polar surface area (TPSA) is 116 Å². The lowest BCUT2D eigenvalue weighted by Gasteiger charge is -2.28. The zero-order valence-electron chi connectivity index (χ0n) is 26.2. The highest BCUT2D eigenvalue weighted by Gasteiger charge is 2.18. The quantitative estimate of drug-likeness (QED) is 0.203. The number of imidazole rings is 1. The summed E-state index contributed by atoms with van der Waals surface area (Å²) in [5.74, 6) is 0. The number of amides is 3. The van der Waals surface area contributed by atoms with E-state index < -0.39 is 0 Å². The van der Waals surface area contributed by atoms with Crippen LogP contribution in [0.3, 0.4) is 0 Å². The second-order valence-corrected chi connectivity index (χ2v) is 10.6. The molecular weight excluding hydrogens is 538 g/mol. The van der Waals surface area contributed by atoms with E-state index in [2.05, 4.69) is 47.4 Å². The number of benzene rings is 1. The van der Waals surface area contributed by atoms with Gasteiger partial charge in [0, 0.05) is 62.9 Å². The number of carbonyl (C=O) groups excluding carboxylic acids is 2. The predicted octanol–water partition coefficient (Wildman–Crippen LogP) is 5.89. The Bertz CT molecular complexity index is 1190. The van der Waals surface area contributed by atoms with Crippen LogP contribution in [0.1, 0.15) is 88.1 Å². The molecule has 3 aromatic rings. The van der Waals surface area contributed by atoms with Crippen LogP contribution in [0.4, 0.5) is 4.79 Å². The first-order valence-electron chi connectivity index (χ1n) is 15.6. The predicted molar refractivity (Wildman–Crippen MR) is 171 cm³/mol. The second kappa shape index (κ2) is 21.5. The number of urea groups is 1. The molecule has 1 fully saturated rings. The molecule has 1 aromatic carbocycles. The lowest BCUT2D eigenvalue weighted by atomic mass is 9.96. The van der Waals surface area contributed by atoms with E-state index in [-0.39, 0.29) is 6.03 Å². The fourth-order valence-electron chi connectivity index (χ4n) is 4.83. The Morgan fingerprint density at radius 2 is 1.67 bits per heavy atom. The SMILES string of the molecule is CCCN(CCC)C(=O)NC1CCCCC1.CCc1ccncc1.N#Cc1ccc(Cn2cncc2CCNC=O)cc1. The molecule has 4 rings (SSSR count). The van der Waals surface area contributed by atoms with E-state index in [1.54, 1.807) is 24.7 Å². The van der Waals surface area contributed by atoms with Crippen LogP contribution in [0.25, 0.3) is 0 Å². The lowest BCUT2D eigenvalue weighted by Crippen LogP contribution is -2.46. The van der Waals surface area contributed by atoms with Gasteiger partial charge in [-0.1, -0.05) is 52.2 Å². The molecule has 1 saturated carbocycles. The molecule has 9 nitrogen and oxygen atoms in total. The van der Waals surface area contributed by atoms with Crippen molar-refractivity contribution in [3.05, 3.63) is 83.7 Å². The fourth-order valence-corrected chi connectivity index (χ4v) is 4.83. The highest BCUT2D eigenvalue weighted by atomic mass is 16.2. The van der Waals surface area contributed by atoms with E-state index in [4.69, 9.17) is 5.26 Å². The van der Waals surface area contributed by atoms with Gasteiger partial charge in [-0.05, 0) is 67.5 Å². The molecule has 43 heavy (non-hydrogen) atoms. The van der Waals surface area contributed by atoms with Gasteiger partial charge < -0.3 is 20.1 Å². The minimum absolute atomic E-state index is 0.149. The van der Waals surface area contributed by atoms with Crippen molar-refractivity contribution in [1.82, 2.24) is 30.1 Å². The maximum atomic E-state index is 12.0. The van der Waals surface area contributed by atoms with E-state index >= 15 is 0 Å². The molecule has 2 N–H and O–H groups in total. The Hall–Kier alpha value is -4.19. The monoisotopic (exact) mass is 587 g/mol. The molecule has 2 aromatic heterocycles. The smallest absolute Gasteiger partial charge is 0.317 e. The maximum Gasteiger partial charge on any atom is 0.317 e.